The number of pyridine rings is 1. The molecule has 3 heterocycles. The molecule has 0 saturated carbocycles. The SMILES string of the molecule is Cl.Cl.FC(F)(F)C1(c2nc(-c3cccnc3)no2)CCNC1. The highest BCUT2D eigenvalue weighted by atomic mass is 35.5. The highest BCUT2D eigenvalue weighted by Crippen LogP contribution is 2.44. The molecular formula is C12H13Cl2F3N4O. The summed E-state index contributed by atoms with van der Waals surface area (Å²) in [5.41, 5.74) is -1.58. The van der Waals surface area contributed by atoms with E-state index in [4.69, 9.17) is 4.52 Å². The molecule has 5 nitrogen and oxygen atoms in total. The molecule has 1 unspecified atom stereocenters. The minimum Gasteiger partial charge on any atom is -0.338 e. The Balaban J connectivity index is 0.00000121. The van der Waals surface area contributed by atoms with Crippen molar-refractivity contribution in [3.63, 3.8) is 0 Å². The lowest BCUT2D eigenvalue weighted by Gasteiger charge is -2.26. The first-order valence-corrected chi connectivity index (χ1v) is 6.05. The summed E-state index contributed by atoms with van der Waals surface area (Å²) in [6.45, 7) is 0.0231. The number of alkyl halides is 3. The Labute approximate surface area is 136 Å². The molecule has 22 heavy (non-hydrogen) atoms. The lowest BCUT2D eigenvalue weighted by Crippen LogP contribution is -2.44. The summed E-state index contributed by atoms with van der Waals surface area (Å²) in [6, 6.07) is 3.32. The molecule has 0 radical (unpaired) electrons. The van der Waals surface area contributed by atoms with Crippen LogP contribution in [0.5, 0.6) is 0 Å². The van der Waals surface area contributed by atoms with Crippen LogP contribution in [0.25, 0.3) is 11.4 Å². The zero-order valence-electron chi connectivity index (χ0n) is 11.1. The van der Waals surface area contributed by atoms with Crippen molar-refractivity contribution >= 4 is 24.8 Å². The molecule has 0 bridgehead atoms. The Morgan fingerprint density at radius 2 is 2.05 bits per heavy atom. The Morgan fingerprint density at radius 1 is 1.27 bits per heavy atom. The molecule has 2 aromatic rings. The zero-order valence-corrected chi connectivity index (χ0v) is 12.8. The van der Waals surface area contributed by atoms with Gasteiger partial charge in [0.15, 0.2) is 5.41 Å². The maximum Gasteiger partial charge on any atom is 0.404 e. The minimum absolute atomic E-state index is 0. The van der Waals surface area contributed by atoms with Crippen molar-refractivity contribution in [3.8, 4) is 11.4 Å². The molecule has 0 aliphatic carbocycles. The van der Waals surface area contributed by atoms with Gasteiger partial charge in [0.2, 0.25) is 11.7 Å². The average Bonchev–Trinajstić information content (AvgIpc) is 3.09. The molecule has 1 aliphatic rings. The molecule has 122 valence electrons. The van der Waals surface area contributed by atoms with Crippen LogP contribution in [-0.2, 0) is 5.41 Å². The van der Waals surface area contributed by atoms with Gasteiger partial charge >= 0.3 is 6.18 Å². The zero-order chi connectivity index (χ0) is 14.2. The van der Waals surface area contributed by atoms with E-state index in [1.807, 2.05) is 0 Å². The van der Waals surface area contributed by atoms with Crippen LogP contribution < -0.4 is 5.32 Å². The van der Waals surface area contributed by atoms with Crippen LogP contribution in [0.4, 0.5) is 13.2 Å². The first-order chi connectivity index (χ1) is 9.53. The Morgan fingerprint density at radius 3 is 2.59 bits per heavy atom. The van der Waals surface area contributed by atoms with E-state index in [0.29, 0.717) is 5.56 Å². The third-order valence-electron chi connectivity index (χ3n) is 3.45. The van der Waals surface area contributed by atoms with Gasteiger partial charge in [-0.05, 0) is 25.1 Å². The molecule has 1 N–H and O–H groups in total. The summed E-state index contributed by atoms with van der Waals surface area (Å²) in [7, 11) is 0. The Kier molecular flexibility index (Phi) is 5.77. The van der Waals surface area contributed by atoms with Gasteiger partial charge in [0.05, 0.1) is 0 Å². The van der Waals surface area contributed by atoms with E-state index in [1.165, 1.54) is 6.20 Å². The minimum atomic E-state index is -4.44. The smallest absolute Gasteiger partial charge is 0.338 e. The number of nitrogens with zero attached hydrogens (tertiary/aromatic N) is 3. The summed E-state index contributed by atoms with van der Waals surface area (Å²) >= 11 is 0. The quantitative estimate of drug-likeness (QED) is 0.896. The lowest BCUT2D eigenvalue weighted by atomic mass is 9.86. The number of hydrogen-bond donors (Lipinski definition) is 1. The van der Waals surface area contributed by atoms with Gasteiger partial charge in [0, 0.05) is 24.5 Å². The van der Waals surface area contributed by atoms with Gasteiger partial charge in [-0.2, -0.15) is 18.2 Å². The van der Waals surface area contributed by atoms with Crippen LogP contribution in [0.1, 0.15) is 12.3 Å². The molecule has 0 amide bonds. The number of rotatable bonds is 2. The standard InChI is InChI=1S/C12H11F3N4O.2ClH/c13-12(14,15)11(3-5-17-7-11)10-18-9(19-20-10)8-2-1-4-16-6-8;;/h1-2,4,6,17H,3,5,7H2;2*1H. The second kappa shape index (κ2) is 6.80. The van der Waals surface area contributed by atoms with Crippen molar-refractivity contribution in [1.82, 2.24) is 20.4 Å². The fourth-order valence-electron chi connectivity index (χ4n) is 2.27. The van der Waals surface area contributed by atoms with Crippen LogP contribution in [-0.4, -0.2) is 34.4 Å². The number of aromatic nitrogens is 3. The third kappa shape index (κ3) is 3.04. The van der Waals surface area contributed by atoms with Crippen molar-refractivity contribution < 1.29 is 17.7 Å². The number of nitrogens with one attached hydrogen (secondary N) is 1. The summed E-state index contributed by atoms with van der Waals surface area (Å²) in [4.78, 5) is 7.80. The van der Waals surface area contributed by atoms with Gasteiger partial charge in [-0.25, -0.2) is 0 Å². The van der Waals surface area contributed by atoms with E-state index in [-0.39, 0.29) is 50.1 Å². The van der Waals surface area contributed by atoms with E-state index >= 15 is 0 Å². The molecule has 1 fully saturated rings. The van der Waals surface area contributed by atoms with E-state index in [9.17, 15) is 13.2 Å². The summed E-state index contributed by atoms with van der Waals surface area (Å²) in [5.74, 6) is -0.280. The first kappa shape index (κ1) is 18.7. The Bertz CT molecular complexity index is 600. The molecular weight excluding hydrogens is 344 g/mol. The largest absolute Gasteiger partial charge is 0.404 e. The molecule has 1 aliphatic heterocycles. The van der Waals surface area contributed by atoms with Gasteiger partial charge in [-0.15, -0.1) is 24.8 Å². The van der Waals surface area contributed by atoms with E-state index in [0.717, 1.165) is 0 Å². The van der Waals surface area contributed by atoms with Gasteiger partial charge in [-0.1, -0.05) is 5.16 Å². The highest BCUT2D eigenvalue weighted by molar-refractivity contribution is 5.85. The van der Waals surface area contributed by atoms with Crippen molar-refractivity contribution in [2.75, 3.05) is 13.1 Å². The highest BCUT2D eigenvalue weighted by Gasteiger charge is 2.61. The molecule has 10 heteroatoms. The molecule has 0 spiro atoms. The van der Waals surface area contributed by atoms with Crippen molar-refractivity contribution in [1.29, 1.82) is 0 Å². The number of hydrogen-bond acceptors (Lipinski definition) is 5. The summed E-state index contributed by atoms with van der Waals surface area (Å²) in [5, 5.41) is 6.34. The molecule has 3 rings (SSSR count). The fourth-order valence-corrected chi connectivity index (χ4v) is 2.27. The van der Waals surface area contributed by atoms with Crippen LogP contribution in [0.3, 0.4) is 0 Å². The van der Waals surface area contributed by atoms with Crippen LogP contribution in [0, 0.1) is 0 Å². The second-order valence-electron chi connectivity index (χ2n) is 4.67. The van der Waals surface area contributed by atoms with E-state index in [1.54, 1.807) is 18.3 Å². The van der Waals surface area contributed by atoms with Gasteiger partial charge in [0.25, 0.3) is 0 Å². The molecule has 1 saturated heterocycles. The van der Waals surface area contributed by atoms with Crippen molar-refractivity contribution in [2.45, 2.75) is 18.0 Å². The van der Waals surface area contributed by atoms with Gasteiger partial charge in [-0.3, -0.25) is 4.98 Å². The van der Waals surface area contributed by atoms with Gasteiger partial charge < -0.3 is 9.84 Å². The maximum absolute atomic E-state index is 13.3. The topological polar surface area (TPSA) is 63.8 Å². The van der Waals surface area contributed by atoms with Crippen molar-refractivity contribution in [3.05, 3.63) is 30.4 Å². The average molecular weight is 357 g/mol. The van der Waals surface area contributed by atoms with E-state index < -0.39 is 17.5 Å². The number of halogens is 5. The normalized spacial score (nSPS) is 21.0. The monoisotopic (exact) mass is 356 g/mol. The molecule has 0 aromatic carbocycles. The second-order valence-corrected chi connectivity index (χ2v) is 4.67. The summed E-state index contributed by atoms with van der Waals surface area (Å²) < 4.78 is 44.9. The lowest BCUT2D eigenvalue weighted by molar-refractivity contribution is -0.191. The van der Waals surface area contributed by atoms with E-state index in [2.05, 4.69) is 20.4 Å². The van der Waals surface area contributed by atoms with Crippen molar-refractivity contribution in [2.24, 2.45) is 0 Å². The van der Waals surface area contributed by atoms with Crippen LogP contribution in [0.2, 0.25) is 0 Å². The first-order valence-electron chi connectivity index (χ1n) is 6.05. The molecule has 2 aromatic heterocycles. The van der Waals surface area contributed by atoms with Crippen LogP contribution in [0.15, 0.2) is 29.0 Å². The molecule has 1 atom stereocenters. The predicted octanol–water partition coefficient (Wildman–Crippen LogP) is 2.77. The Hall–Kier alpha value is -1.38. The van der Waals surface area contributed by atoms with Gasteiger partial charge in [0.1, 0.15) is 0 Å². The predicted molar refractivity (Wildman–Crippen MR) is 77.2 cm³/mol. The maximum atomic E-state index is 13.3. The summed E-state index contributed by atoms with van der Waals surface area (Å²) in [6.07, 6.45) is -1.51. The third-order valence-corrected chi connectivity index (χ3v) is 3.45. The fraction of sp³-hybridized carbons (Fsp3) is 0.417. The van der Waals surface area contributed by atoms with Crippen LogP contribution >= 0.6 is 24.8 Å².